The fourth-order valence-corrected chi connectivity index (χ4v) is 3.20. The van der Waals surface area contributed by atoms with E-state index >= 15 is 0 Å². The molecule has 0 unspecified atom stereocenters. The Bertz CT molecular complexity index is 976. The van der Waals surface area contributed by atoms with Gasteiger partial charge in [-0.25, -0.2) is 0 Å². The van der Waals surface area contributed by atoms with E-state index in [1.165, 1.54) is 0 Å². The number of benzene rings is 2. The summed E-state index contributed by atoms with van der Waals surface area (Å²) in [5.41, 5.74) is 4.48. The molecule has 3 N–H and O–H groups in total. The van der Waals surface area contributed by atoms with Crippen LogP contribution in [0.5, 0.6) is 0 Å². The van der Waals surface area contributed by atoms with Gasteiger partial charge in [0.15, 0.2) is 0 Å². The van der Waals surface area contributed by atoms with E-state index in [1.807, 2.05) is 49.4 Å². The lowest BCUT2D eigenvalue weighted by molar-refractivity contribution is -0.121. The maximum absolute atomic E-state index is 12.4. The van der Waals surface area contributed by atoms with E-state index in [1.54, 1.807) is 0 Å². The second-order valence-corrected chi connectivity index (χ2v) is 6.33. The van der Waals surface area contributed by atoms with E-state index in [0.29, 0.717) is 6.42 Å². The highest BCUT2D eigenvalue weighted by Gasteiger charge is 2.19. The van der Waals surface area contributed by atoms with E-state index in [-0.39, 0.29) is 24.3 Å². The summed E-state index contributed by atoms with van der Waals surface area (Å²) >= 11 is 0. The van der Waals surface area contributed by atoms with Crippen molar-refractivity contribution in [1.82, 2.24) is 15.5 Å². The van der Waals surface area contributed by atoms with E-state index < -0.39 is 0 Å². The number of anilines is 1. The Labute approximate surface area is 144 Å². The zero-order valence-corrected chi connectivity index (χ0v) is 13.8. The van der Waals surface area contributed by atoms with Gasteiger partial charge in [-0.1, -0.05) is 30.3 Å². The van der Waals surface area contributed by atoms with Crippen LogP contribution in [0.4, 0.5) is 5.69 Å². The van der Waals surface area contributed by atoms with E-state index in [2.05, 4.69) is 20.8 Å². The minimum atomic E-state index is -0.136. The van der Waals surface area contributed by atoms with Crippen molar-refractivity contribution in [2.75, 3.05) is 5.32 Å². The summed E-state index contributed by atoms with van der Waals surface area (Å²) in [6, 6.07) is 13.4. The van der Waals surface area contributed by atoms with Gasteiger partial charge in [-0.05, 0) is 30.2 Å². The van der Waals surface area contributed by atoms with Crippen LogP contribution in [-0.2, 0) is 22.4 Å². The lowest BCUT2D eigenvalue weighted by Crippen LogP contribution is -2.28. The fourth-order valence-electron chi connectivity index (χ4n) is 3.20. The van der Waals surface area contributed by atoms with Gasteiger partial charge < -0.3 is 10.6 Å². The number of hydrogen-bond acceptors (Lipinski definition) is 3. The molecule has 1 aromatic heterocycles. The molecule has 1 atom stereocenters. The number of nitrogens with zero attached hydrogens (tertiary/aromatic N) is 1. The van der Waals surface area contributed by atoms with E-state index in [0.717, 1.165) is 33.4 Å². The average Bonchev–Trinajstić information content (AvgIpc) is 3.16. The second-order valence-electron chi connectivity index (χ2n) is 6.33. The minimum Gasteiger partial charge on any atom is -0.349 e. The molecule has 2 heterocycles. The minimum absolute atomic E-state index is 0.00922. The highest BCUT2D eigenvalue weighted by molar-refractivity contribution is 5.99. The first-order valence-electron chi connectivity index (χ1n) is 8.24. The largest absolute Gasteiger partial charge is 0.349 e. The first-order chi connectivity index (χ1) is 12.1. The molecule has 126 valence electrons. The third-order valence-electron chi connectivity index (χ3n) is 4.51. The van der Waals surface area contributed by atoms with E-state index in [9.17, 15) is 9.59 Å². The summed E-state index contributed by atoms with van der Waals surface area (Å²) in [4.78, 5) is 23.9. The first kappa shape index (κ1) is 15.4. The zero-order chi connectivity index (χ0) is 17.4. The summed E-state index contributed by atoms with van der Waals surface area (Å²) in [6.07, 6.45) is 0.639. The monoisotopic (exact) mass is 334 g/mol. The van der Waals surface area contributed by atoms with Crippen molar-refractivity contribution < 1.29 is 9.59 Å². The molecule has 0 spiro atoms. The summed E-state index contributed by atoms with van der Waals surface area (Å²) < 4.78 is 0. The lowest BCUT2D eigenvalue weighted by atomic mass is 10.0. The van der Waals surface area contributed by atoms with Crippen LogP contribution in [0.25, 0.3) is 10.9 Å². The van der Waals surface area contributed by atoms with Gasteiger partial charge in [0.1, 0.15) is 0 Å². The Balaban J connectivity index is 1.46. The zero-order valence-electron chi connectivity index (χ0n) is 13.8. The number of H-pyrrole nitrogens is 1. The van der Waals surface area contributed by atoms with Gasteiger partial charge in [-0.15, -0.1) is 0 Å². The summed E-state index contributed by atoms with van der Waals surface area (Å²) in [5.74, 6) is -0.0634. The number of rotatable bonds is 4. The molecule has 0 saturated carbocycles. The predicted molar refractivity (Wildman–Crippen MR) is 95.1 cm³/mol. The predicted octanol–water partition coefficient (Wildman–Crippen LogP) is 2.48. The van der Waals surface area contributed by atoms with Gasteiger partial charge in [-0.2, -0.15) is 5.10 Å². The maximum atomic E-state index is 12.4. The standard InChI is InChI=1S/C19H18N4O2/c1-11(12-6-7-15-13(8-12)9-18(24)21-15)20-19(25)10-17-14-4-2-3-5-16(14)22-23-17/h2-8,11H,9-10H2,1H3,(H,20,25)(H,21,24)(H,22,23)/t11-/m1/s1. The van der Waals surface area contributed by atoms with Gasteiger partial charge in [0, 0.05) is 11.1 Å². The molecule has 0 aliphatic carbocycles. The van der Waals surface area contributed by atoms with Crippen LogP contribution in [0.2, 0.25) is 0 Å². The third kappa shape index (κ3) is 2.98. The number of fused-ring (bicyclic) bond motifs is 2. The molecular weight excluding hydrogens is 316 g/mol. The summed E-state index contributed by atoms with van der Waals surface area (Å²) in [6.45, 7) is 1.94. The average molecular weight is 334 g/mol. The molecule has 1 aliphatic heterocycles. The molecule has 1 aliphatic rings. The molecule has 0 saturated heterocycles. The van der Waals surface area contributed by atoms with Gasteiger partial charge in [0.05, 0.1) is 30.1 Å². The Hall–Kier alpha value is -3.15. The van der Waals surface area contributed by atoms with Crippen molar-refractivity contribution >= 4 is 28.4 Å². The smallest absolute Gasteiger partial charge is 0.228 e. The maximum Gasteiger partial charge on any atom is 0.228 e. The third-order valence-corrected chi connectivity index (χ3v) is 4.51. The number of carbonyl (C=O) groups excluding carboxylic acids is 2. The van der Waals surface area contributed by atoms with Crippen molar-refractivity contribution in [2.45, 2.75) is 25.8 Å². The Kier molecular flexibility index (Phi) is 3.72. The highest BCUT2D eigenvalue weighted by Crippen LogP contribution is 2.26. The fraction of sp³-hybridized carbons (Fsp3) is 0.211. The number of aromatic amines is 1. The quantitative estimate of drug-likeness (QED) is 0.685. The van der Waals surface area contributed by atoms with Crippen LogP contribution in [0.1, 0.15) is 29.8 Å². The van der Waals surface area contributed by atoms with Crippen LogP contribution in [0, 0.1) is 0 Å². The molecule has 3 aromatic rings. The number of aromatic nitrogens is 2. The number of nitrogens with one attached hydrogen (secondary N) is 3. The Morgan fingerprint density at radius 1 is 1.28 bits per heavy atom. The summed E-state index contributed by atoms with van der Waals surface area (Å²) in [7, 11) is 0. The molecule has 4 rings (SSSR count). The molecule has 2 amide bonds. The Morgan fingerprint density at radius 3 is 3.00 bits per heavy atom. The van der Waals surface area contributed by atoms with Crippen molar-refractivity contribution in [3.05, 3.63) is 59.3 Å². The van der Waals surface area contributed by atoms with Gasteiger partial charge >= 0.3 is 0 Å². The van der Waals surface area contributed by atoms with Gasteiger partial charge in [0.25, 0.3) is 0 Å². The van der Waals surface area contributed by atoms with Crippen molar-refractivity contribution in [1.29, 1.82) is 0 Å². The number of amides is 2. The molecule has 6 heteroatoms. The van der Waals surface area contributed by atoms with Crippen molar-refractivity contribution in [3.63, 3.8) is 0 Å². The molecule has 0 bridgehead atoms. The van der Waals surface area contributed by atoms with Crippen LogP contribution in [-0.4, -0.2) is 22.0 Å². The number of para-hydroxylation sites is 1. The first-order valence-corrected chi connectivity index (χ1v) is 8.24. The summed E-state index contributed by atoms with van der Waals surface area (Å²) in [5, 5.41) is 13.9. The highest BCUT2D eigenvalue weighted by atomic mass is 16.2. The van der Waals surface area contributed by atoms with Gasteiger partial charge in [-0.3, -0.25) is 14.7 Å². The molecule has 0 fully saturated rings. The molecule has 25 heavy (non-hydrogen) atoms. The van der Waals surface area contributed by atoms with E-state index in [4.69, 9.17) is 0 Å². The molecule has 0 radical (unpaired) electrons. The van der Waals surface area contributed by atoms with Crippen LogP contribution < -0.4 is 10.6 Å². The molecule has 2 aromatic carbocycles. The normalized spacial score (nSPS) is 14.2. The molecule has 6 nitrogen and oxygen atoms in total. The number of hydrogen-bond donors (Lipinski definition) is 3. The van der Waals surface area contributed by atoms with Gasteiger partial charge in [0.2, 0.25) is 11.8 Å². The SMILES string of the molecule is C[C@@H](NC(=O)Cc1[nH]nc2ccccc12)c1ccc2c(c1)CC(=O)N2. The van der Waals surface area contributed by atoms with Crippen LogP contribution in [0.3, 0.4) is 0 Å². The van der Waals surface area contributed by atoms with Crippen LogP contribution in [0.15, 0.2) is 42.5 Å². The lowest BCUT2D eigenvalue weighted by Gasteiger charge is -2.15. The second kappa shape index (κ2) is 6.05. The van der Waals surface area contributed by atoms with Crippen molar-refractivity contribution in [3.8, 4) is 0 Å². The van der Waals surface area contributed by atoms with Crippen LogP contribution >= 0.6 is 0 Å². The van der Waals surface area contributed by atoms with Crippen molar-refractivity contribution in [2.24, 2.45) is 0 Å². The Morgan fingerprint density at radius 2 is 2.12 bits per heavy atom. The topological polar surface area (TPSA) is 86.9 Å². The molecular formula is C19H18N4O2. The number of carbonyl (C=O) groups is 2.